The van der Waals surface area contributed by atoms with Gasteiger partial charge in [0.05, 0.1) is 0 Å². The summed E-state index contributed by atoms with van der Waals surface area (Å²) in [7, 11) is 0. The third-order valence-electron chi connectivity index (χ3n) is 3.30. The Labute approximate surface area is 86.1 Å². The zero-order valence-electron chi connectivity index (χ0n) is 9.20. The van der Waals surface area contributed by atoms with Gasteiger partial charge < -0.3 is 10.0 Å². The van der Waals surface area contributed by atoms with Gasteiger partial charge >= 0.3 is 5.97 Å². The molecule has 1 N–H and O–H groups in total. The molecule has 1 aliphatic rings. The summed E-state index contributed by atoms with van der Waals surface area (Å²) in [6, 6.07) is 0.657. The molecule has 1 fully saturated rings. The Morgan fingerprint density at radius 1 is 1.64 bits per heavy atom. The van der Waals surface area contributed by atoms with E-state index in [1.165, 1.54) is 12.8 Å². The van der Waals surface area contributed by atoms with Crippen molar-refractivity contribution in [3.63, 3.8) is 0 Å². The van der Waals surface area contributed by atoms with Crippen LogP contribution in [0, 0.1) is 5.92 Å². The van der Waals surface area contributed by atoms with Crippen LogP contribution in [0.4, 0.5) is 0 Å². The number of likely N-dealkylation sites (tertiary alicyclic amines) is 1. The first-order valence-corrected chi connectivity index (χ1v) is 5.59. The van der Waals surface area contributed by atoms with Crippen LogP contribution in [0.2, 0.25) is 0 Å². The predicted molar refractivity (Wildman–Crippen MR) is 56.3 cm³/mol. The molecule has 0 spiro atoms. The van der Waals surface area contributed by atoms with Crippen molar-refractivity contribution >= 4 is 5.97 Å². The molecule has 82 valence electrons. The fourth-order valence-corrected chi connectivity index (χ4v) is 2.08. The van der Waals surface area contributed by atoms with Crippen LogP contribution in [0.1, 0.15) is 39.5 Å². The highest BCUT2D eigenvalue weighted by Crippen LogP contribution is 2.23. The van der Waals surface area contributed by atoms with Crippen molar-refractivity contribution in [1.29, 1.82) is 0 Å². The lowest BCUT2D eigenvalue weighted by Crippen LogP contribution is -2.30. The molecule has 0 saturated carbocycles. The molecule has 1 heterocycles. The van der Waals surface area contributed by atoms with Gasteiger partial charge in [0, 0.05) is 19.0 Å². The van der Waals surface area contributed by atoms with Crippen LogP contribution in [0.3, 0.4) is 0 Å². The average Bonchev–Trinajstić information content (AvgIpc) is 2.62. The van der Waals surface area contributed by atoms with Crippen molar-refractivity contribution in [3.05, 3.63) is 0 Å². The molecule has 1 saturated heterocycles. The summed E-state index contributed by atoms with van der Waals surface area (Å²) in [6.45, 7) is 6.70. The van der Waals surface area contributed by atoms with Gasteiger partial charge in [0.2, 0.25) is 0 Å². The fraction of sp³-hybridized carbons (Fsp3) is 0.909. The minimum absolute atomic E-state index is 0.332. The molecule has 0 aromatic heterocycles. The van der Waals surface area contributed by atoms with Crippen LogP contribution >= 0.6 is 0 Å². The minimum atomic E-state index is -0.660. The molecule has 0 amide bonds. The molecular formula is C11H21NO2. The van der Waals surface area contributed by atoms with Crippen LogP contribution in [-0.2, 0) is 4.79 Å². The van der Waals surface area contributed by atoms with E-state index in [2.05, 4.69) is 18.7 Å². The van der Waals surface area contributed by atoms with E-state index < -0.39 is 5.97 Å². The van der Waals surface area contributed by atoms with Gasteiger partial charge in [-0.15, -0.1) is 0 Å². The molecular weight excluding hydrogens is 178 g/mol. The first kappa shape index (κ1) is 11.5. The second-order valence-corrected chi connectivity index (χ2v) is 4.34. The standard InChI is InChI=1S/C11H21NO2/c1-3-9(2)12-7-6-10(8-12)4-5-11(13)14/h9-10H,3-8H2,1-2H3,(H,13,14). The number of carboxylic acids is 1. The Bertz CT molecular complexity index is 194. The normalized spacial score (nSPS) is 25.1. The molecule has 3 heteroatoms. The maximum absolute atomic E-state index is 10.4. The van der Waals surface area contributed by atoms with Crippen LogP contribution in [0.15, 0.2) is 0 Å². The minimum Gasteiger partial charge on any atom is -0.481 e. The van der Waals surface area contributed by atoms with E-state index in [1.807, 2.05) is 0 Å². The molecule has 0 aromatic rings. The van der Waals surface area contributed by atoms with Crippen LogP contribution in [-0.4, -0.2) is 35.1 Å². The summed E-state index contributed by atoms with van der Waals surface area (Å²) >= 11 is 0. The fourth-order valence-electron chi connectivity index (χ4n) is 2.08. The lowest BCUT2D eigenvalue weighted by molar-refractivity contribution is -0.137. The molecule has 1 aliphatic heterocycles. The van der Waals surface area contributed by atoms with Gasteiger partial charge in [0.25, 0.3) is 0 Å². The zero-order valence-corrected chi connectivity index (χ0v) is 9.20. The van der Waals surface area contributed by atoms with Gasteiger partial charge in [-0.1, -0.05) is 6.92 Å². The number of rotatable bonds is 5. The summed E-state index contributed by atoms with van der Waals surface area (Å²) in [6.07, 6.45) is 3.55. The predicted octanol–water partition coefficient (Wildman–Crippen LogP) is 1.97. The Kier molecular flexibility index (Phi) is 4.39. The van der Waals surface area contributed by atoms with E-state index in [-0.39, 0.29) is 0 Å². The van der Waals surface area contributed by atoms with E-state index in [0.717, 1.165) is 19.5 Å². The first-order valence-electron chi connectivity index (χ1n) is 5.59. The number of carbonyl (C=O) groups is 1. The molecule has 0 radical (unpaired) electrons. The number of carboxylic acid groups (broad SMARTS) is 1. The summed E-state index contributed by atoms with van der Waals surface area (Å²) < 4.78 is 0. The third-order valence-corrected chi connectivity index (χ3v) is 3.30. The van der Waals surface area contributed by atoms with E-state index in [4.69, 9.17) is 5.11 Å². The smallest absolute Gasteiger partial charge is 0.303 e. The van der Waals surface area contributed by atoms with Crippen molar-refractivity contribution in [2.75, 3.05) is 13.1 Å². The molecule has 0 aromatic carbocycles. The van der Waals surface area contributed by atoms with E-state index in [9.17, 15) is 4.79 Å². The van der Waals surface area contributed by atoms with E-state index in [1.54, 1.807) is 0 Å². The maximum Gasteiger partial charge on any atom is 0.303 e. The van der Waals surface area contributed by atoms with Gasteiger partial charge in [-0.05, 0) is 38.6 Å². The number of aliphatic carboxylic acids is 1. The van der Waals surface area contributed by atoms with Gasteiger partial charge in [-0.2, -0.15) is 0 Å². The zero-order chi connectivity index (χ0) is 10.6. The van der Waals surface area contributed by atoms with Gasteiger partial charge in [0.15, 0.2) is 0 Å². The summed E-state index contributed by atoms with van der Waals surface area (Å²) in [4.78, 5) is 12.9. The van der Waals surface area contributed by atoms with Gasteiger partial charge in [-0.3, -0.25) is 4.79 Å². The lowest BCUT2D eigenvalue weighted by atomic mass is 10.0. The molecule has 0 aliphatic carbocycles. The monoisotopic (exact) mass is 199 g/mol. The largest absolute Gasteiger partial charge is 0.481 e. The highest BCUT2D eigenvalue weighted by molar-refractivity contribution is 5.66. The molecule has 2 atom stereocenters. The number of nitrogens with zero attached hydrogens (tertiary/aromatic N) is 1. The van der Waals surface area contributed by atoms with E-state index >= 15 is 0 Å². The SMILES string of the molecule is CCC(C)N1CCC(CCC(=O)O)C1. The second-order valence-electron chi connectivity index (χ2n) is 4.34. The number of hydrogen-bond acceptors (Lipinski definition) is 2. The Morgan fingerprint density at radius 2 is 2.36 bits per heavy atom. The molecule has 0 bridgehead atoms. The van der Waals surface area contributed by atoms with Crippen molar-refractivity contribution in [3.8, 4) is 0 Å². The Balaban J connectivity index is 2.23. The molecule has 2 unspecified atom stereocenters. The van der Waals surface area contributed by atoms with Gasteiger partial charge in [-0.25, -0.2) is 0 Å². The maximum atomic E-state index is 10.4. The van der Waals surface area contributed by atoms with Crippen molar-refractivity contribution in [2.24, 2.45) is 5.92 Å². The van der Waals surface area contributed by atoms with Crippen molar-refractivity contribution < 1.29 is 9.90 Å². The molecule has 1 rings (SSSR count). The summed E-state index contributed by atoms with van der Waals surface area (Å²) in [5.41, 5.74) is 0. The van der Waals surface area contributed by atoms with Crippen molar-refractivity contribution in [1.82, 2.24) is 4.90 Å². The number of hydrogen-bond donors (Lipinski definition) is 1. The highest BCUT2D eigenvalue weighted by atomic mass is 16.4. The third kappa shape index (κ3) is 3.29. The summed E-state index contributed by atoms with van der Waals surface area (Å²) in [5, 5.41) is 8.58. The lowest BCUT2D eigenvalue weighted by Gasteiger charge is -2.22. The van der Waals surface area contributed by atoms with E-state index in [0.29, 0.717) is 18.4 Å². The van der Waals surface area contributed by atoms with Crippen LogP contribution in [0.5, 0.6) is 0 Å². The highest BCUT2D eigenvalue weighted by Gasteiger charge is 2.25. The average molecular weight is 199 g/mol. The second kappa shape index (κ2) is 5.35. The Morgan fingerprint density at radius 3 is 2.93 bits per heavy atom. The van der Waals surface area contributed by atoms with Gasteiger partial charge in [0.1, 0.15) is 0 Å². The summed E-state index contributed by atoms with van der Waals surface area (Å²) in [5.74, 6) is -0.0490. The Hall–Kier alpha value is -0.570. The molecule has 14 heavy (non-hydrogen) atoms. The van der Waals surface area contributed by atoms with Crippen LogP contribution < -0.4 is 0 Å². The first-order chi connectivity index (χ1) is 6.63. The molecule has 3 nitrogen and oxygen atoms in total. The quantitative estimate of drug-likeness (QED) is 0.736. The van der Waals surface area contributed by atoms with Crippen LogP contribution in [0.25, 0.3) is 0 Å². The van der Waals surface area contributed by atoms with Crippen molar-refractivity contribution in [2.45, 2.75) is 45.6 Å². The topological polar surface area (TPSA) is 40.5 Å².